The third kappa shape index (κ3) is 5.80. The Hall–Kier alpha value is -4.60. The summed E-state index contributed by atoms with van der Waals surface area (Å²) in [5, 5.41) is 22.6. The molecule has 2 aliphatic rings. The maximum absolute atomic E-state index is 12.6. The summed E-state index contributed by atoms with van der Waals surface area (Å²) in [6.45, 7) is 13.1. The number of likely N-dealkylation sites (N-methyl/N-ethyl adjacent to an activating group) is 1. The first-order chi connectivity index (χ1) is 21.1. The zero-order valence-corrected chi connectivity index (χ0v) is 26.4. The predicted molar refractivity (Wildman–Crippen MR) is 174 cm³/mol. The van der Waals surface area contributed by atoms with Crippen LogP contribution in [-0.4, -0.2) is 79.2 Å². The number of nitriles is 2. The highest BCUT2D eigenvalue weighted by Gasteiger charge is 2.35. The van der Waals surface area contributed by atoms with E-state index >= 15 is 0 Å². The molecule has 0 unspecified atom stereocenters. The molecule has 228 valence electrons. The number of anilines is 2. The Labute approximate surface area is 260 Å². The first-order valence-corrected chi connectivity index (χ1v) is 15.1. The molecule has 0 spiro atoms. The molecule has 5 rings (SSSR count). The molecule has 9 heteroatoms. The number of pyridine rings is 1. The van der Waals surface area contributed by atoms with Crippen molar-refractivity contribution in [3.8, 4) is 18.0 Å². The summed E-state index contributed by atoms with van der Waals surface area (Å²) < 4.78 is 6.38. The Morgan fingerprint density at radius 2 is 1.91 bits per heavy atom. The second kappa shape index (κ2) is 12.6. The van der Waals surface area contributed by atoms with E-state index in [-0.39, 0.29) is 23.9 Å². The van der Waals surface area contributed by atoms with Crippen molar-refractivity contribution < 1.29 is 9.53 Å². The van der Waals surface area contributed by atoms with Crippen LogP contribution in [-0.2, 0) is 17.8 Å². The number of benzene rings is 2. The van der Waals surface area contributed by atoms with E-state index in [0.29, 0.717) is 50.7 Å². The zero-order chi connectivity index (χ0) is 31.6. The molecule has 2 aliphatic heterocycles. The fourth-order valence-electron chi connectivity index (χ4n) is 6.18. The molecule has 3 heterocycles. The van der Waals surface area contributed by atoms with Gasteiger partial charge >= 0.3 is 0 Å². The van der Waals surface area contributed by atoms with E-state index in [0.717, 1.165) is 23.5 Å². The molecule has 0 aliphatic carbocycles. The Balaban J connectivity index is 1.59. The number of piperazine rings is 1. The Kier molecular flexibility index (Phi) is 8.80. The number of amides is 1. The number of aryl methyl sites for hydroxylation is 1. The highest BCUT2D eigenvalue weighted by atomic mass is 16.5. The number of rotatable bonds is 8. The van der Waals surface area contributed by atoms with Gasteiger partial charge in [0.1, 0.15) is 18.2 Å². The number of ether oxygens (including phenoxy) is 1. The fraction of sp³-hybridized carbons (Fsp3) is 0.429. The fourth-order valence-corrected chi connectivity index (χ4v) is 6.18. The summed E-state index contributed by atoms with van der Waals surface area (Å²) in [7, 11) is 4.01. The molecule has 0 bridgehead atoms. The molecular formula is C35H41N7O2. The maximum Gasteiger partial charge on any atom is 0.246 e. The van der Waals surface area contributed by atoms with E-state index in [1.165, 1.54) is 28.1 Å². The van der Waals surface area contributed by atoms with Crippen LogP contribution in [0.1, 0.15) is 42.7 Å². The molecule has 0 N–H and O–H groups in total. The lowest BCUT2D eigenvalue weighted by Gasteiger charge is -2.43. The van der Waals surface area contributed by atoms with Crippen molar-refractivity contribution >= 4 is 28.1 Å². The molecule has 1 fully saturated rings. The maximum atomic E-state index is 12.6. The molecule has 1 saturated heterocycles. The Bertz CT molecular complexity index is 1660. The molecular weight excluding hydrogens is 550 g/mol. The minimum absolute atomic E-state index is 0.182. The second-order valence-electron chi connectivity index (χ2n) is 12.5. The molecule has 44 heavy (non-hydrogen) atoms. The zero-order valence-electron chi connectivity index (χ0n) is 26.4. The van der Waals surface area contributed by atoms with Crippen LogP contribution in [0.5, 0.6) is 5.88 Å². The van der Waals surface area contributed by atoms with E-state index in [1.807, 2.05) is 14.1 Å². The molecule has 0 saturated carbocycles. The van der Waals surface area contributed by atoms with Crippen molar-refractivity contribution in [2.45, 2.75) is 51.7 Å². The monoisotopic (exact) mass is 591 g/mol. The summed E-state index contributed by atoms with van der Waals surface area (Å²) in [5.41, 5.74) is 5.25. The van der Waals surface area contributed by atoms with Gasteiger partial charge in [-0.05, 0) is 64.4 Å². The number of carbonyl (C=O) groups is 1. The normalized spacial score (nSPS) is 16.8. The van der Waals surface area contributed by atoms with Gasteiger partial charge in [-0.1, -0.05) is 36.9 Å². The Morgan fingerprint density at radius 3 is 2.59 bits per heavy atom. The van der Waals surface area contributed by atoms with Crippen LogP contribution >= 0.6 is 0 Å². The van der Waals surface area contributed by atoms with Gasteiger partial charge in [0.05, 0.1) is 36.5 Å². The van der Waals surface area contributed by atoms with Gasteiger partial charge in [-0.2, -0.15) is 10.5 Å². The largest absolute Gasteiger partial charge is 0.475 e. The van der Waals surface area contributed by atoms with Crippen LogP contribution in [0.25, 0.3) is 10.8 Å². The van der Waals surface area contributed by atoms with Crippen molar-refractivity contribution in [2.24, 2.45) is 0 Å². The van der Waals surface area contributed by atoms with Crippen molar-refractivity contribution in [1.29, 1.82) is 10.5 Å². The Morgan fingerprint density at radius 1 is 1.16 bits per heavy atom. The summed E-state index contributed by atoms with van der Waals surface area (Å²) >= 11 is 0. The molecule has 9 nitrogen and oxygen atoms in total. The number of aromatic nitrogens is 1. The van der Waals surface area contributed by atoms with Crippen LogP contribution in [0, 0.1) is 29.6 Å². The molecule has 2 aromatic carbocycles. The van der Waals surface area contributed by atoms with E-state index in [1.54, 1.807) is 4.90 Å². The van der Waals surface area contributed by atoms with Crippen LogP contribution in [0.2, 0.25) is 0 Å². The third-order valence-corrected chi connectivity index (χ3v) is 9.19. The van der Waals surface area contributed by atoms with Crippen LogP contribution in [0.4, 0.5) is 11.4 Å². The number of hydrogen-bond acceptors (Lipinski definition) is 8. The number of carbonyl (C=O) groups excluding carboxylic acids is 1. The van der Waals surface area contributed by atoms with Crippen molar-refractivity contribution in [1.82, 2.24) is 14.8 Å². The molecule has 3 aromatic rings. The minimum Gasteiger partial charge on any atom is -0.475 e. The van der Waals surface area contributed by atoms with Gasteiger partial charge in [0, 0.05) is 48.4 Å². The summed E-state index contributed by atoms with van der Waals surface area (Å²) in [6.07, 6.45) is 2.20. The molecule has 1 aromatic heterocycles. The number of fused-ring (bicyclic) bond motifs is 2. The summed E-state index contributed by atoms with van der Waals surface area (Å²) in [4.78, 5) is 26.0. The van der Waals surface area contributed by atoms with Gasteiger partial charge in [0.2, 0.25) is 11.8 Å². The van der Waals surface area contributed by atoms with E-state index < -0.39 is 0 Å². The summed E-state index contributed by atoms with van der Waals surface area (Å²) in [5.74, 6) is 0.145. The van der Waals surface area contributed by atoms with Crippen molar-refractivity contribution in [3.05, 3.63) is 71.4 Å². The molecule has 1 amide bonds. The van der Waals surface area contributed by atoms with E-state index in [9.17, 15) is 15.3 Å². The first-order valence-electron chi connectivity index (χ1n) is 15.1. The first kappa shape index (κ1) is 30.8. The van der Waals surface area contributed by atoms with Crippen molar-refractivity contribution in [3.63, 3.8) is 0 Å². The van der Waals surface area contributed by atoms with Gasteiger partial charge in [0.15, 0.2) is 0 Å². The predicted octanol–water partition coefficient (Wildman–Crippen LogP) is 4.81. The standard InChI is InChI=1S/C35H41N7O2/c1-7-31(43)42-19-18-41(21-26(42)14-16-36)33-27-15-17-40(30-13-9-12-25-11-8-10-24(2)32(25)30)22-29(27)38-34(28(33)20-37)44-23-35(3,4)39(5)6/h7-13,26H,1,14-15,17-19,21-23H2,2-6H3/t26-/m0/s1. The number of hydrogen-bond donors (Lipinski definition) is 0. The van der Waals surface area contributed by atoms with Crippen molar-refractivity contribution in [2.75, 3.05) is 56.7 Å². The van der Waals surface area contributed by atoms with Crippen LogP contribution in [0.3, 0.4) is 0 Å². The highest BCUT2D eigenvalue weighted by molar-refractivity contribution is 5.97. The smallest absolute Gasteiger partial charge is 0.246 e. The van der Waals surface area contributed by atoms with Gasteiger partial charge in [-0.3, -0.25) is 4.79 Å². The van der Waals surface area contributed by atoms with Gasteiger partial charge < -0.3 is 24.3 Å². The third-order valence-electron chi connectivity index (χ3n) is 9.19. The molecule has 1 atom stereocenters. The molecule has 0 radical (unpaired) electrons. The quantitative estimate of drug-likeness (QED) is 0.344. The summed E-state index contributed by atoms with van der Waals surface area (Å²) in [6, 6.07) is 17.1. The lowest BCUT2D eigenvalue weighted by Crippen LogP contribution is -2.55. The van der Waals surface area contributed by atoms with Gasteiger partial charge in [-0.25, -0.2) is 4.98 Å². The lowest BCUT2D eigenvalue weighted by molar-refractivity contribution is -0.128. The van der Waals surface area contributed by atoms with Crippen LogP contribution < -0.4 is 14.5 Å². The average molecular weight is 592 g/mol. The van der Waals surface area contributed by atoms with Crippen LogP contribution in [0.15, 0.2) is 49.1 Å². The second-order valence-corrected chi connectivity index (χ2v) is 12.5. The minimum atomic E-state index is -0.314. The highest BCUT2D eigenvalue weighted by Crippen LogP contribution is 2.40. The number of nitrogens with zero attached hydrogens (tertiary/aromatic N) is 7. The lowest BCUT2D eigenvalue weighted by atomic mass is 9.95. The van der Waals surface area contributed by atoms with E-state index in [2.05, 4.69) is 90.6 Å². The van der Waals surface area contributed by atoms with E-state index in [4.69, 9.17) is 9.72 Å². The topological polar surface area (TPSA) is 99.7 Å². The SMILES string of the molecule is C=CC(=O)N1CCN(c2c(C#N)c(OCC(C)(C)N(C)C)nc3c2CCN(c2cccc4cccc(C)c24)C3)C[C@@H]1CC#N. The van der Waals surface area contributed by atoms with Gasteiger partial charge in [-0.15, -0.1) is 0 Å². The van der Waals surface area contributed by atoms with Gasteiger partial charge in [0.25, 0.3) is 0 Å². The average Bonchev–Trinajstić information content (AvgIpc) is 3.02.